The second-order valence-electron chi connectivity index (χ2n) is 7.36. The Balaban J connectivity index is 1.62. The van der Waals surface area contributed by atoms with E-state index in [1.807, 2.05) is 12.0 Å². The molecule has 2 aliphatic rings. The lowest BCUT2D eigenvalue weighted by molar-refractivity contribution is -0.130. The molecule has 0 radical (unpaired) electrons. The molecule has 1 aliphatic carbocycles. The molecule has 0 unspecified atom stereocenters. The van der Waals surface area contributed by atoms with E-state index in [9.17, 15) is 4.79 Å². The first kappa shape index (κ1) is 17.7. The average molecular weight is 311 g/mol. The van der Waals surface area contributed by atoms with Gasteiger partial charge in [0.05, 0.1) is 12.2 Å². The van der Waals surface area contributed by atoms with Crippen LogP contribution in [0.25, 0.3) is 0 Å². The summed E-state index contributed by atoms with van der Waals surface area (Å²) in [5.74, 6) is 1.75. The third-order valence-corrected chi connectivity index (χ3v) is 5.71. The first-order valence-electron chi connectivity index (χ1n) is 8.93. The van der Waals surface area contributed by atoms with Gasteiger partial charge < -0.3 is 14.4 Å². The zero-order chi connectivity index (χ0) is 16.0. The molecule has 0 atom stereocenters. The van der Waals surface area contributed by atoms with E-state index in [1.165, 1.54) is 12.8 Å². The van der Waals surface area contributed by atoms with Gasteiger partial charge in [-0.15, -0.1) is 0 Å². The van der Waals surface area contributed by atoms with E-state index < -0.39 is 0 Å². The van der Waals surface area contributed by atoms with Crippen molar-refractivity contribution in [1.82, 2.24) is 4.90 Å². The highest BCUT2D eigenvalue weighted by Gasteiger charge is 2.34. The third kappa shape index (κ3) is 4.95. The Labute approximate surface area is 135 Å². The molecule has 1 amide bonds. The largest absolute Gasteiger partial charge is 0.378 e. The Kier molecular flexibility index (Phi) is 6.69. The Morgan fingerprint density at radius 2 is 1.82 bits per heavy atom. The standard InChI is InChI=1S/C18H33NO3/c1-15-4-9-18(21-3,10-5-15)14-22-13-8-17-6-11-19(12-7-17)16(2)20/h15,17H,4-14H2,1-3H3/t15-,18+. The average Bonchev–Trinajstić information content (AvgIpc) is 2.54. The number of carbonyl (C=O) groups excluding carboxylic acids is 1. The van der Waals surface area contributed by atoms with Gasteiger partial charge in [0.15, 0.2) is 0 Å². The minimum atomic E-state index is -0.0372. The van der Waals surface area contributed by atoms with Gasteiger partial charge in [0.1, 0.15) is 0 Å². The molecule has 22 heavy (non-hydrogen) atoms. The minimum Gasteiger partial charge on any atom is -0.378 e. The van der Waals surface area contributed by atoms with Crippen LogP contribution < -0.4 is 0 Å². The second kappa shape index (κ2) is 8.30. The van der Waals surface area contributed by atoms with Gasteiger partial charge in [-0.2, -0.15) is 0 Å². The number of amides is 1. The Morgan fingerprint density at radius 3 is 2.36 bits per heavy atom. The van der Waals surface area contributed by atoms with E-state index in [0.717, 1.165) is 64.3 Å². The van der Waals surface area contributed by atoms with Crippen LogP contribution in [0, 0.1) is 11.8 Å². The second-order valence-corrected chi connectivity index (χ2v) is 7.36. The maximum absolute atomic E-state index is 11.3. The molecule has 0 spiro atoms. The van der Waals surface area contributed by atoms with Crippen LogP contribution in [0.15, 0.2) is 0 Å². The minimum absolute atomic E-state index is 0.0372. The van der Waals surface area contributed by atoms with Crippen molar-refractivity contribution in [2.24, 2.45) is 11.8 Å². The quantitative estimate of drug-likeness (QED) is 0.707. The van der Waals surface area contributed by atoms with Gasteiger partial charge >= 0.3 is 0 Å². The number of hydrogen-bond acceptors (Lipinski definition) is 3. The molecule has 0 aromatic carbocycles. The molecule has 0 N–H and O–H groups in total. The van der Waals surface area contributed by atoms with Gasteiger partial charge in [-0.05, 0) is 56.8 Å². The van der Waals surface area contributed by atoms with Gasteiger partial charge in [-0.25, -0.2) is 0 Å². The van der Waals surface area contributed by atoms with E-state index in [1.54, 1.807) is 6.92 Å². The third-order valence-electron chi connectivity index (χ3n) is 5.71. The molecule has 2 rings (SSSR count). The van der Waals surface area contributed by atoms with E-state index in [0.29, 0.717) is 5.92 Å². The van der Waals surface area contributed by atoms with Gasteiger partial charge in [-0.1, -0.05) is 6.92 Å². The smallest absolute Gasteiger partial charge is 0.219 e. The van der Waals surface area contributed by atoms with Crippen molar-refractivity contribution in [2.75, 3.05) is 33.4 Å². The van der Waals surface area contributed by atoms with E-state index in [-0.39, 0.29) is 11.5 Å². The fourth-order valence-corrected chi connectivity index (χ4v) is 3.74. The van der Waals surface area contributed by atoms with Crippen molar-refractivity contribution in [3.8, 4) is 0 Å². The summed E-state index contributed by atoms with van der Waals surface area (Å²) < 4.78 is 11.8. The Morgan fingerprint density at radius 1 is 1.18 bits per heavy atom. The van der Waals surface area contributed by atoms with Crippen LogP contribution in [-0.4, -0.2) is 49.8 Å². The molecule has 1 saturated carbocycles. The molecule has 2 fully saturated rings. The predicted molar refractivity (Wildman–Crippen MR) is 87.8 cm³/mol. The van der Waals surface area contributed by atoms with Gasteiger partial charge in [0, 0.05) is 33.7 Å². The Hall–Kier alpha value is -0.610. The van der Waals surface area contributed by atoms with Crippen LogP contribution in [-0.2, 0) is 14.3 Å². The summed E-state index contributed by atoms with van der Waals surface area (Å²) >= 11 is 0. The lowest BCUT2D eigenvalue weighted by atomic mass is 9.80. The number of hydrogen-bond donors (Lipinski definition) is 0. The molecule has 1 aliphatic heterocycles. The van der Waals surface area contributed by atoms with Crippen molar-refractivity contribution >= 4 is 5.91 Å². The van der Waals surface area contributed by atoms with Crippen LogP contribution in [0.4, 0.5) is 0 Å². The summed E-state index contributed by atoms with van der Waals surface area (Å²) in [4.78, 5) is 13.3. The van der Waals surface area contributed by atoms with Crippen molar-refractivity contribution in [3.05, 3.63) is 0 Å². The van der Waals surface area contributed by atoms with Crippen molar-refractivity contribution < 1.29 is 14.3 Å². The van der Waals surface area contributed by atoms with Crippen LogP contribution in [0.1, 0.15) is 58.8 Å². The summed E-state index contributed by atoms with van der Waals surface area (Å²) in [5, 5.41) is 0. The highest BCUT2D eigenvalue weighted by Crippen LogP contribution is 2.34. The summed E-state index contributed by atoms with van der Waals surface area (Å²) in [7, 11) is 1.83. The molecule has 0 aromatic heterocycles. The number of piperidine rings is 1. The number of methoxy groups -OCH3 is 1. The van der Waals surface area contributed by atoms with E-state index in [2.05, 4.69) is 6.92 Å². The highest BCUT2D eigenvalue weighted by atomic mass is 16.5. The maximum atomic E-state index is 11.3. The SMILES string of the molecule is CO[C@]1(COCCC2CCN(C(C)=O)CC2)CC[C@H](C)CC1. The first-order chi connectivity index (χ1) is 10.5. The predicted octanol–water partition coefficient (Wildman–Crippen LogP) is 3.25. The summed E-state index contributed by atoms with van der Waals surface area (Å²) in [6.45, 7) is 7.39. The lowest BCUT2D eigenvalue weighted by Crippen LogP contribution is -2.41. The summed E-state index contributed by atoms with van der Waals surface area (Å²) in [6, 6.07) is 0. The molecule has 4 nitrogen and oxygen atoms in total. The summed E-state index contributed by atoms with van der Waals surface area (Å²) in [6.07, 6.45) is 8.11. The number of carbonyl (C=O) groups is 1. The van der Waals surface area contributed by atoms with Crippen molar-refractivity contribution in [2.45, 2.75) is 64.4 Å². The summed E-state index contributed by atoms with van der Waals surface area (Å²) in [5.41, 5.74) is -0.0372. The highest BCUT2D eigenvalue weighted by molar-refractivity contribution is 5.73. The van der Waals surface area contributed by atoms with E-state index >= 15 is 0 Å². The first-order valence-corrected chi connectivity index (χ1v) is 8.93. The molecule has 0 bridgehead atoms. The molecule has 128 valence electrons. The fraction of sp³-hybridized carbons (Fsp3) is 0.944. The number of likely N-dealkylation sites (tertiary alicyclic amines) is 1. The fourth-order valence-electron chi connectivity index (χ4n) is 3.74. The molecular formula is C18H33NO3. The van der Waals surface area contributed by atoms with Crippen LogP contribution >= 0.6 is 0 Å². The maximum Gasteiger partial charge on any atom is 0.219 e. The zero-order valence-corrected chi connectivity index (χ0v) is 14.6. The van der Waals surface area contributed by atoms with E-state index in [4.69, 9.17) is 9.47 Å². The Bertz CT molecular complexity index is 342. The number of rotatable bonds is 6. The normalized spacial score (nSPS) is 30.5. The molecule has 1 saturated heterocycles. The van der Waals surface area contributed by atoms with Crippen LogP contribution in [0.3, 0.4) is 0 Å². The van der Waals surface area contributed by atoms with Crippen LogP contribution in [0.2, 0.25) is 0 Å². The van der Waals surface area contributed by atoms with Gasteiger partial charge in [-0.3, -0.25) is 4.79 Å². The molecule has 0 aromatic rings. The molecule has 4 heteroatoms. The monoisotopic (exact) mass is 311 g/mol. The topological polar surface area (TPSA) is 38.8 Å². The van der Waals surface area contributed by atoms with Crippen LogP contribution in [0.5, 0.6) is 0 Å². The van der Waals surface area contributed by atoms with Gasteiger partial charge in [0.25, 0.3) is 0 Å². The van der Waals surface area contributed by atoms with Crippen molar-refractivity contribution in [3.63, 3.8) is 0 Å². The number of ether oxygens (including phenoxy) is 2. The van der Waals surface area contributed by atoms with Gasteiger partial charge in [0.2, 0.25) is 5.91 Å². The lowest BCUT2D eigenvalue weighted by Gasteiger charge is -2.38. The molecular weight excluding hydrogens is 278 g/mol. The number of nitrogens with zero attached hydrogens (tertiary/aromatic N) is 1. The molecule has 1 heterocycles. The zero-order valence-electron chi connectivity index (χ0n) is 14.6. The van der Waals surface area contributed by atoms with Crippen molar-refractivity contribution in [1.29, 1.82) is 0 Å².